The van der Waals surface area contributed by atoms with Gasteiger partial charge in [0.1, 0.15) is 5.82 Å². The first-order chi connectivity index (χ1) is 10.3. The summed E-state index contributed by atoms with van der Waals surface area (Å²) < 4.78 is 0. The van der Waals surface area contributed by atoms with E-state index in [4.69, 9.17) is 0 Å². The number of anilines is 1. The van der Waals surface area contributed by atoms with Gasteiger partial charge in [-0.3, -0.25) is 4.98 Å². The minimum absolute atomic E-state index is 0.575. The third kappa shape index (κ3) is 3.58. The largest absolute Gasteiger partial charge is 0.357 e. The number of nitrogens with zero attached hydrogens (tertiary/aromatic N) is 3. The van der Waals surface area contributed by atoms with E-state index in [0.29, 0.717) is 6.04 Å². The number of rotatable bonds is 4. The van der Waals surface area contributed by atoms with Crippen LogP contribution in [-0.4, -0.2) is 29.1 Å². The van der Waals surface area contributed by atoms with Gasteiger partial charge in [0, 0.05) is 38.1 Å². The molecule has 0 amide bonds. The Labute approximate surface area is 126 Å². The molecule has 110 valence electrons. The van der Waals surface area contributed by atoms with E-state index in [0.717, 1.165) is 44.0 Å². The maximum atomic E-state index is 4.44. The third-order valence-electron chi connectivity index (χ3n) is 4.14. The Morgan fingerprint density at radius 1 is 1.10 bits per heavy atom. The molecule has 21 heavy (non-hydrogen) atoms. The van der Waals surface area contributed by atoms with E-state index in [2.05, 4.69) is 45.3 Å². The average Bonchev–Trinajstić information content (AvgIpc) is 2.55. The van der Waals surface area contributed by atoms with Crippen molar-refractivity contribution in [2.24, 2.45) is 0 Å². The molecule has 1 aliphatic heterocycles. The maximum Gasteiger partial charge on any atom is 0.128 e. The summed E-state index contributed by atoms with van der Waals surface area (Å²) in [5.74, 6) is 1.09. The molecule has 0 aliphatic carbocycles. The van der Waals surface area contributed by atoms with Crippen molar-refractivity contribution in [1.82, 2.24) is 15.3 Å². The molecule has 1 saturated heterocycles. The number of aromatic nitrogens is 2. The van der Waals surface area contributed by atoms with E-state index < -0.39 is 0 Å². The number of piperidine rings is 1. The topological polar surface area (TPSA) is 41.1 Å². The van der Waals surface area contributed by atoms with Gasteiger partial charge in [-0.05, 0) is 43.5 Å². The van der Waals surface area contributed by atoms with Crippen LogP contribution in [0.2, 0.25) is 0 Å². The first kappa shape index (κ1) is 14.0. The van der Waals surface area contributed by atoms with Gasteiger partial charge in [-0.25, -0.2) is 4.98 Å². The van der Waals surface area contributed by atoms with E-state index >= 15 is 0 Å². The lowest BCUT2D eigenvalue weighted by Gasteiger charge is -2.33. The van der Waals surface area contributed by atoms with Crippen LogP contribution in [0.25, 0.3) is 0 Å². The molecule has 0 atom stereocenters. The maximum absolute atomic E-state index is 4.44. The van der Waals surface area contributed by atoms with Crippen LogP contribution in [0, 0.1) is 6.92 Å². The third-order valence-corrected chi connectivity index (χ3v) is 4.14. The van der Waals surface area contributed by atoms with Gasteiger partial charge in [-0.15, -0.1) is 0 Å². The Kier molecular flexibility index (Phi) is 4.46. The summed E-state index contributed by atoms with van der Waals surface area (Å²) in [6, 6.07) is 10.8. The van der Waals surface area contributed by atoms with Gasteiger partial charge in [0.25, 0.3) is 0 Å². The molecular formula is C17H22N4. The second kappa shape index (κ2) is 6.68. The molecule has 2 aromatic rings. The normalized spacial score (nSPS) is 16.1. The average molecular weight is 282 g/mol. The highest BCUT2D eigenvalue weighted by atomic mass is 15.2. The second-order valence-electron chi connectivity index (χ2n) is 5.60. The number of hydrogen-bond donors (Lipinski definition) is 1. The van der Waals surface area contributed by atoms with Crippen molar-refractivity contribution >= 4 is 5.82 Å². The molecule has 3 rings (SSSR count). The van der Waals surface area contributed by atoms with Crippen LogP contribution >= 0.6 is 0 Å². The summed E-state index contributed by atoms with van der Waals surface area (Å²) in [5, 5.41) is 3.64. The second-order valence-corrected chi connectivity index (χ2v) is 5.60. The van der Waals surface area contributed by atoms with Crippen LogP contribution in [0.5, 0.6) is 0 Å². The highest BCUT2D eigenvalue weighted by Crippen LogP contribution is 2.17. The lowest BCUT2D eigenvalue weighted by molar-refractivity contribution is 0.410. The molecule has 2 aromatic heterocycles. The summed E-state index contributed by atoms with van der Waals surface area (Å²) in [7, 11) is 0. The fraction of sp³-hybridized carbons (Fsp3) is 0.412. The van der Waals surface area contributed by atoms with Crippen molar-refractivity contribution in [2.75, 3.05) is 18.0 Å². The zero-order valence-corrected chi connectivity index (χ0v) is 12.5. The van der Waals surface area contributed by atoms with E-state index in [1.807, 2.05) is 24.5 Å². The number of aryl methyl sites for hydroxylation is 1. The van der Waals surface area contributed by atoms with Gasteiger partial charge in [-0.2, -0.15) is 0 Å². The number of nitrogens with one attached hydrogen (secondary N) is 1. The van der Waals surface area contributed by atoms with Crippen molar-refractivity contribution in [3.8, 4) is 0 Å². The van der Waals surface area contributed by atoms with Crippen molar-refractivity contribution in [2.45, 2.75) is 32.4 Å². The predicted octanol–water partition coefficient (Wildman–Crippen LogP) is 2.54. The van der Waals surface area contributed by atoms with E-state index in [-0.39, 0.29) is 0 Å². The molecule has 0 unspecified atom stereocenters. The van der Waals surface area contributed by atoms with Crippen LogP contribution in [0.4, 0.5) is 5.82 Å². The lowest BCUT2D eigenvalue weighted by atomic mass is 10.0. The molecular weight excluding hydrogens is 260 g/mol. The van der Waals surface area contributed by atoms with Gasteiger partial charge in [0.2, 0.25) is 0 Å². The minimum Gasteiger partial charge on any atom is -0.357 e. The molecule has 0 aromatic carbocycles. The van der Waals surface area contributed by atoms with Crippen molar-refractivity contribution in [1.29, 1.82) is 0 Å². The molecule has 4 heteroatoms. The smallest absolute Gasteiger partial charge is 0.128 e. The molecule has 4 nitrogen and oxygen atoms in total. The van der Waals surface area contributed by atoms with Gasteiger partial charge >= 0.3 is 0 Å². The monoisotopic (exact) mass is 282 g/mol. The van der Waals surface area contributed by atoms with Gasteiger partial charge in [0.15, 0.2) is 0 Å². The Morgan fingerprint density at radius 2 is 1.90 bits per heavy atom. The Balaban J connectivity index is 1.49. The van der Waals surface area contributed by atoms with Crippen LogP contribution in [0.3, 0.4) is 0 Å². The van der Waals surface area contributed by atoms with Gasteiger partial charge < -0.3 is 10.2 Å². The summed E-state index contributed by atoms with van der Waals surface area (Å²) in [4.78, 5) is 11.2. The minimum atomic E-state index is 0.575. The fourth-order valence-corrected chi connectivity index (χ4v) is 2.80. The molecule has 1 aliphatic rings. The van der Waals surface area contributed by atoms with Crippen molar-refractivity contribution in [3.63, 3.8) is 0 Å². The van der Waals surface area contributed by atoms with Crippen LogP contribution in [0.15, 0.2) is 42.7 Å². The van der Waals surface area contributed by atoms with Crippen LogP contribution in [0.1, 0.15) is 24.1 Å². The quantitative estimate of drug-likeness (QED) is 0.935. The zero-order valence-electron chi connectivity index (χ0n) is 12.5. The zero-order chi connectivity index (χ0) is 14.5. The fourth-order valence-electron chi connectivity index (χ4n) is 2.80. The Morgan fingerprint density at radius 3 is 2.62 bits per heavy atom. The summed E-state index contributed by atoms with van der Waals surface area (Å²) >= 11 is 0. The van der Waals surface area contributed by atoms with E-state index in [1.165, 1.54) is 5.56 Å². The summed E-state index contributed by atoms with van der Waals surface area (Å²) in [5.41, 5.74) is 2.42. The summed E-state index contributed by atoms with van der Waals surface area (Å²) in [6.07, 6.45) is 6.04. The first-order valence-corrected chi connectivity index (χ1v) is 7.63. The van der Waals surface area contributed by atoms with Crippen LogP contribution < -0.4 is 10.2 Å². The van der Waals surface area contributed by atoms with Crippen molar-refractivity contribution in [3.05, 3.63) is 54.0 Å². The molecule has 3 heterocycles. The van der Waals surface area contributed by atoms with Gasteiger partial charge in [-0.1, -0.05) is 12.1 Å². The summed E-state index contributed by atoms with van der Waals surface area (Å²) in [6.45, 7) is 5.11. The predicted molar refractivity (Wildman–Crippen MR) is 85.3 cm³/mol. The van der Waals surface area contributed by atoms with E-state index in [1.54, 1.807) is 0 Å². The van der Waals surface area contributed by atoms with Crippen molar-refractivity contribution < 1.29 is 0 Å². The highest BCUT2D eigenvalue weighted by molar-refractivity contribution is 5.38. The molecule has 0 radical (unpaired) electrons. The standard InChI is InChI=1S/C17H22N4/c1-14-5-4-10-18-16(14)13-20-15-7-11-21(12-8-15)17-6-2-3-9-19-17/h2-6,9-10,15,20H,7-8,11-13H2,1H3. The highest BCUT2D eigenvalue weighted by Gasteiger charge is 2.19. The number of hydrogen-bond acceptors (Lipinski definition) is 4. The van der Waals surface area contributed by atoms with E-state index in [9.17, 15) is 0 Å². The Hall–Kier alpha value is -1.94. The molecule has 0 saturated carbocycles. The molecule has 1 N–H and O–H groups in total. The van der Waals surface area contributed by atoms with Crippen LogP contribution in [-0.2, 0) is 6.54 Å². The Bertz CT molecular complexity index is 562. The SMILES string of the molecule is Cc1cccnc1CNC1CCN(c2ccccn2)CC1. The molecule has 0 bridgehead atoms. The molecule has 0 spiro atoms. The number of pyridine rings is 2. The lowest BCUT2D eigenvalue weighted by Crippen LogP contribution is -2.42. The van der Waals surface area contributed by atoms with Gasteiger partial charge in [0.05, 0.1) is 5.69 Å². The molecule has 1 fully saturated rings. The first-order valence-electron chi connectivity index (χ1n) is 7.63.